The van der Waals surface area contributed by atoms with E-state index in [1.165, 1.54) is 67.8 Å². The first-order valence-electron chi connectivity index (χ1n) is 13.1. The van der Waals surface area contributed by atoms with Crippen molar-refractivity contribution in [2.24, 2.45) is 0 Å². The van der Waals surface area contributed by atoms with Crippen LogP contribution >= 0.6 is 36.4 Å². The minimum absolute atomic E-state index is 0. The molecule has 198 valence electrons. The average Bonchev–Trinajstić information content (AvgIpc) is 3.56. The zero-order valence-electron chi connectivity index (χ0n) is 21.2. The zero-order chi connectivity index (χ0) is 23.6. The molecular formula is C30H36Cl3N3O. The van der Waals surface area contributed by atoms with E-state index in [9.17, 15) is 0 Å². The van der Waals surface area contributed by atoms with Gasteiger partial charge in [-0.15, -0.1) is 24.8 Å². The summed E-state index contributed by atoms with van der Waals surface area (Å²) in [6.07, 6.45) is 6.22. The van der Waals surface area contributed by atoms with Crippen LogP contribution in [0.5, 0.6) is 5.75 Å². The van der Waals surface area contributed by atoms with E-state index >= 15 is 0 Å². The van der Waals surface area contributed by atoms with E-state index in [0.29, 0.717) is 12.6 Å². The fourth-order valence-electron chi connectivity index (χ4n) is 5.96. The fraction of sp³-hybridized carbons (Fsp3) is 0.400. The highest BCUT2D eigenvalue weighted by molar-refractivity contribution is 6.30. The maximum absolute atomic E-state index is 6.46. The van der Waals surface area contributed by atoms with E-state index in [4.69, 9.17) is 16.3 Å². The van der Waals surface area contributed by atoms with Gasteiger partial charge in [0, 0.05) is 54.2 Å². The Morgan fingerprint density at radius 3 is 2.54 bits per heavy atom. The molecule has 6 rings (SSSR count). The first-order valence-corrected chi connectivity index (χ1v) is 13.5. The molecule has 0 unspecified atom stereocenters. The molecule has 3 aromatic carbocycles. The molecule has 0 saturated carbocycles. The van der Waals surface area contributed by atoms with Crippen LogP contribution in [0.25, 0.3) is 0 Å². The van der Waals surface area contributed by atoms with Gasteiger partial charge >= 0.3 is 0 Å². The van der Waals surface area contributed by atoms with Gasteiger partial charge in [0.1, 0.15) is 12.4 Å². The Labute approximate surface area is 238 Å². The van der Waals surface area contributed by atoms with Gasteiger partial charge in [0.2, 0.25) is 0 Å². The third kappa shape index (κ3) is 6.15. The summed E-state index contributed by atoms with van der Waals surface area (Å²) in [5.74, 6) is 0.947. The zero-order valence-corrected chi connectivity index (χ0v) is 23.5. The lowest BCUT2D eigenvalue weighted by Gasteiger charge is -2.33. The van der Waals surface area contributed by atoms with Crippen LogP contribution < -0.4 is 14.5 Å². The van der Waals surface area contributed by atoms with E-state index in [-0.39, 0.29) is 24.8 Å². The van der Waals surface area contributed by atoms with E-state index in [1.54, 1.807) is 0 Å². The van der Waals surface area contributed by atoms with Crippen LogP contribution in [-0.2, 0) is 13.0 Å². The van der Waals surface area contributed by atoms with Crippen molar-refractivity contribution in [2.75, 3.05) is 42.5 Å². The second-order valence-electron chi connectivity index (χ2n) is 10.1. The van der Waals surface area contributed by atoms with Gasteiger partial charge in [0.15, 0.2) is 0 Å². The summed E-state index contributed by atoms with van der Waals surface area (Å²) in [6, 6.07) is 24.3. The minimum Gasteiger partial charge on any atom is -0.487 e. The minimum atomic E-state index is 0. The summed E-state index contributed by atoms with van der Waals surface area (Å²) < 4.78 is 6.19. The first-order chi connectivity index (χ1) is 17.2. The van der Waals surface area contributed by atoms with Crippen molar-refractivity contribution in [2.45, 2.75) is 44.8 Å². The number of likely N-dealkylation sites (tertiary alicyclic amines) is 1. The van der Waals surface area contributed by atoms with Crippen molar-refractivity contribution in [1.82, 2.24) is 4.90 Å². The van der Waals surface area contributed by atoms with Crippen LogP contribution in [0.15, 0.2) is 66.7 Å². The summed E-state index contributed by atoms with van der Waals surface area (Å²) in [5, 5.41) is 0.772. The maximum atomic E-state index is 6.46. The molecule has 37 heavy (non-hydrogen) atoms. The van der Waals surface area contributed by atoms with E-state index < -0.39 is 0 Å². The number of benzene rings is 3. The standard InChI is InChI=1S/C30H34ClN3O.2ClH/c31-25-13-12-24-22-35-30-11-2-1-10-28(30)34(29(24)20-25)21-27-9-6-17-33(27)18-14-23-7-5-8-26(19-23)32-15-3-4-16-32;;/h1-2,5,7-8,10-13,19-20,27H,3-4,6,9,14-18,21-22H2;2*1H/t27-;;/m1../s1. The maximum Gasteiger partial charge on any atom is 0.143 e. The number of hydrogen-bond acceptors (Lipinski definition) is 4. The number of para-hydroxylation sites is 2. The number of hydrogen-bond donors (Lipinski definition) is 0. The highest BCUT2D eigenvalue weighted by atomic mass is 35.5. The van der Waals surface area contributed by atoms with Gasteiger partial charge in [-0.2, -0.15) is 0 Å². The van der Waals surface area contributed by atoms with Crippen LogP contribution in [0.4, 0.5) is 17.1 Å². The van der Waals surface area contributed by atoms with Crippen molar-refractivity contribution in [3.8, 4) is 5.75 Å². The molecule has 7 heteroatoms. The quantitative estimate of drug-likeness (QED) is 0.310. The van der Waals surface area contributed by atoms with Gasteiger partial charge in [-0.3, -0.25) is 4.90 Å². The van der Waals surface area contributed by atoms with Crippen molar-refractivity contribution in [3.63, 3.8) is 0 Å². The summed E-state index contributed by atoms with van der Waals surface area (Å²) in [7, 11) is 0. The van der Waals surface area contributed by atoms with E-state index in [2.05, 4.69) is 75.4 Å². The number of rotatable bonds is 6. The molecule has 2 fully saturated rings. The SMILES string of the molecule is Cl.Cl.Clc1ccc2c(c1)N(C[C@H]1CCCN1CCc1cccc(N3CCCC3)c1)c1ccccc1OC2. The van der Waals surface area contributed by atoms with Gasteiger partial charge < -0.3 is 14.5 Å². The van der Waals surface area contributed by atoms with Crippen LogP contribution in [-0.4, -0.2) is 43.7 Å². The lowest BCUT2D eigenvalue weighted by molar-refractivity contribution is 0.261. The lowest BCUT2D eigenvalue weighted by atomic mass is 10.1. The second kappa shape index (κ2) is 12.6. The Morgan fingerprint density at radius 1 is 0.838 bits per heavy atom. The third-order valence-electron chi connectivity index (χ3n) is 7.84. The Bertz CT molecular complexity index is 1180. The Hall–Kier alpha value is -2.11. The molecule has 4 nitrogen and oxygen atoms in total. The monoisotopic (exact) mass is 559 g/mol. The molecule has 3 aliphatic rings. The molecule has 0 amide bonds. The number of halogens is 3. The van der Waals surface area contributed by atoms with Crippen molar-refractivity contribution >= 4 is 53.5 Å². The summed E-state index contributed by atoms with van der Waals surface area (Å²) in [5.41, 5.74) is 6.35. The van der Waals surface area contributed by atoms with Crippen LogP contribution in [0.1, 0.15) is 36.8 Å². The Balaban J connectivity index is 0.00000160. The Morgan fingerprint density at radius 2 is 1.68 bits per heavy atom. The number of nitrogens with zero attached hydrogens (tertiary/aromatic N) is 3. The van der Waals surface area contributed by atoms with Crippen LogP contribution in [0.2, 0.25) is 5.02 Å². The number of anilines is 3. The fourth-order valence-corrected chi connectivity index (χ4v) is 6.12. The topological polar surface area (TPSA) is 19.0 Å². The van der Waals surface area contributed by atoms with Gasteiger partial charge in [-0.1, -0.05) is 41.9 Å². The lowest BCUT2D eigenvalue weighted by Crippen LogP contribution is -2.39. The predicted octanol–water partition coefficient (Wildman–Crippen LogP) is 7.52. The molecule has 0 aliphatic carbocycles. The highest BCUT2D eigenvalue weighted by Crippen LogP contribution is 2.41. The van der Waals surface area contributed by atoms with Crippen LogP contribution in [0, 0.1) is 0 Å². The molecule has 3 heterocycles. The molecule has 2 saturated heterocycles. The molecule has 0 radical (unpaired) electrons. The van der Waals surface area contributed by atoms with E-state index in [1.807, 2.05) is 6.07 Å². The second-order valence-corrected chi connectivity index (χ2v) is 10.5. The molecule has 1 atom stereocenters. The predicted molar refractivity (Wildman–Crippen MR) is 160 cm³/mol. The molecule has 3 aliphatic heterocycles. The third-order valence-corrected chi connectivity index (χ3v) is 8.07. The van der Waals surface area contributed by atoms with Gasteiger partial charge in [0.25, 0.3) is 0 Å². The summed E-state index contributed by atoms with van der Waals surface area (Å²) >= 11 is 6.46. The van der Waals surface area contributed by atoms with Gasteiger partial charge in [-0.05, 0) is 80.6 Å². The molecule has 0 bridgehead atoms. The smallest absolute Gasteiger partial charge is 0.143 e. The molecule has 3 aromatic rings. The number of ether oxygens (including phenoxy) is 1. The molecule has 0 aromatic heterocycles. The summed E-state index contributed by atoms with van der Waals surface area (Å²) in [6.45, 7) is 6.19. The Kier molecular flexibility index (Phi) is 9.52. The number of fused-ring (bicyclic) bond motifs is 2. The van der Waals surface area contributed by atoms with Gasteiger partial charge in [-0.25, -0.2) is 0 Å². The van der Waals surface area contributed by atoms with Crippen molar-refractivity contribution in [1.29, 1.82) is 0 Å². The first kappa shape index (κ1) is 27.9. The van der Waals surface area contributed by atoms with Gasteiger partial charge in [0.05, 0.1) is 5.69 Å². The highest BCUT2D eigenvalue weighted by Gasteiger charge is 2.30. The normalized spacial score (nSPS) is 18.8. The van der Waals surface area contributed by atoms with Crippen LogP contribution in [0.3, 0.4) is 0 Å². The van der Waals surface area contributed by atoms with E-state index in [0.717, 1.165) is 36.0 Å². The van der Waals surface area contributed by atoms with Crippen molar-refractivity contribution < 1.29 is 4.74 Å². The summed E-state index contributed by atoms with van der Waals surface area (Å²) in [4.78, 5) is 7.67. The molecular weight excluding hydrogens is 525 g/mol. The molecule has 0 N–H and O–H groups in total. The van der Waals surface area contributed by atoms with Crippen molar-refractivity contribution in [3.05, 3.63) is 82.9 Å². The molecule has 0 spiro atoms. The largest absolute Gasteiger partial charge is 0.487 e. The average molecular weight is 561 g/mol.